The van der Waals surface area contributed by atoms with Crippen LogP contribution in [0.25, 0.3) is 0 Å². The van der Waals surface area contributed by atoms with Gasteiger partial charge in [-0.2, -0.15) is 0 Å². The number of halogens is 1. The van der Waals surface area contributed by atoms with Crippen molar-refractivity contribution in [1.29, 1.82) is 0 Å². The molecule has 1 aromatic rings. The Labute approximate surface area is 123 Å². The Hall–Kier alpha value is -1.07. The minimum Gasteiger partial charge on any atom is -0.492 e. The van der Waals surface area contributed by atoms with Gasteiger partial charge in [0, 0.05) is 24.0 Å². The summed E-state index contributed by atoms with van der Waals surface area (Å²) in [6.07, 6.45) is 1.21. The lowest BCUT2D eigenvalue weighted by atomic mass is 10.2. The molecular weight excluding hydrogens is 308 g/mol. The minimum absolute atomic E-state index is 0.0661. The van der Waals surface area contributed by atoms with E-state index in [1.165, 1.54) is 0 Å². The first kappa shape index (κ1) is 16.0. The topological polar surface area (TPSA) is 55.6 Å². The molecule has 0 heterocycles. The monoisotopic (exact) mass is 328 g/mol. The number of amides is 1. The number of nitrogens with two attached hydrogens (primary N) is 1. The summed E-state index contributed by atoms with van der Waals surface area (Å²) in [5, 5.41) is 0. The standard InChI is InChI=1S/C14H21BrN2O2/c1-11(16)3-8-14(18)17(2)9-10-19-13-6-4-12(15)5-7-13/h4-7,11H,3,8-10,16H2,1-2H3. The smallest absolute Gasteiger partial charge is 0.222 e. The Balaban J connectivity index is 2.24. The zero-order valence-electron chi connectivity index (χ0n) is 11.4. The maximum Gasteiger partial charge on any atom is 0.222 e. The van der Waals surface area contributed by atoms with E-state index in [4.69, 9.17) is 10.5 Å². The van der Waals surface area contributed by atoms with Crippen molar-refractivity contribution in [2.75, 3.05) is 20.2 Å². The second-order valence-corrected chi connectivity index (χ2v) is 5.55. The van der Waals surface area contributed by atoms with E-state index in [0.717, 1.165) is 16.6 Å². The zero-order chi connectivity index (χ0) is 14.3. The lowest BCUT2D eigenvalue weighted by Gasteiger charge is -2.18. The number of hydrogen-bond donors (Lipinski definition) is 1. The third-order valence-corrected chi connectivity index (χ3v) is 3.28. The van der Waals surface area contributed by atoms with Crippen molar-refractivity contribution in [2.45, 2.75) is 25.8 Å². The van der Waals surface area contributed by atoms with Crippen LogP contribution in [0, 0.1) is 0 Å². The number of ether oxygens (including phenoxy) is 1. The fraction of sp³-hybridized carbons (Fsp3) is 0.500. The van der Waals surface area contributed by atoms with Gasteiger partial charge in [-0.1, -0.05) is 15.9 Å². The van der Waals surface area contributed by atoms with Gasteiger partial charge in [-0.15, -0.1) is 0 Å². The normalized spacial score (nSPS) is 12.0. The van der Waals surface area contributed by atoms with Crippen LogP contribution in [0.4, 0.5) is 0 Å². The molecule has 5 heteroatoms. The highest BCUT2D eigenvalue weighted by molar-refractivity contribution is 9.10. The lowest BCUT2D eigenvalue weighted by Crippen LogP contribution is -2.31. The van der Waals surface area contributed by atoms with Crippen LogP contribution in [-0.4, -0.2) is 37.0 Å². The van der Waals surface area contributed by atoms with E-state index in [2.05, 4.69) is 15.9 Å². The number of rotatable bonds is 7. The average Bonchev–Trinajstić information content (AvgIpc) is 2.38. The summed E-state index contributed by atoms with van der Waals surface area (Å²) < 4.78 is 6.58. The molecule has 4 nitrogen and oxygen atoms in total. The van der Waals surface area contributed by atoms with Crippen LogP contribution in [0.3, 0.4) is 0 Å². The molecule has 1 aromatic carbocycles. The molecule has 0 saturated heterocycles. The zero-order valence-corrected chi connectivity index (χ0v) is 13.0. The van der Waals surface area contributed by atoms with Gasteiger partial charge in [0.2, 0.25) is 5.91 Å². The van der Waals surface area contributed by atoms with Crippen molar-refractivity contribution >= 4 is 21.8 Å². The molecule has 0 spiro atoms. The van der Waals surface area contributed by atoms with Crippen LogP contribution in [0.2, 0.25) is 0 Å². The maximum absolute atomic E-state index is 11.7. The highest BCUT2D eigenvalue weighted by atomic mass is 79.9. The molecule has 1 atom stereocenters. The molecule has 0 fully saturated rings. The molecule has 2 N–H and O–H groups in total. The summed E-state index contributed by atoms with van der Waals surface area (Å²) in [5.41, 5.74) is 5.63. The van der Waals surface area contributed by atoms with Crippen molar-refractivity contribution < 1.29 is 9.53 Å². The van der Waals surface area contributed by atoms with E-state index < -0.39 is 0 Å². The molecule has 1 unspecified atom stereocenters. The number of benzene rings is 1. The SMILES string of the molecule is CC(N)CCC(=O)N(C)CCOc1ccc(Br)cc1. The Bertz CT molecular complexity index is 393. The van der Waals surface area contributed by atoms with Crippen LogP contribution >= 0.6 is 15.9 Å². The molecule has 106 valence electrons. The molecule has 19 heavy (non-hydrogen) atoms. The molecule has 0 bridgehead atoms. The Kier molecular flexibility index (Phi) is 6.87. The highest BCUT2D eigenvalue weighted by Gasteiger charge is 2.09. The van der Waals surface area contributed by atoms with E-state index in [1.54, 1.807) is 11.9 Å². The van der Waals surface area contributed by atoms with Crippen molar-refractivity contribution in [2.24, 2.45) is 5.73 Å². The highest BCUT2D eigenvalue weighted by Crippen LogP contribution is 2.15. The van der Waals surface area contributed by atoms with Crippen LogP contribution in [0.15, 0.2) is 28.7 Å². The first-order chi connectivity index (χ1) is 8.99. The Morgan fingerprint density at radius 1 is 1.42 bits per heavy atom. The summed E-state index contributed by atoms with van der Waals surface area (Å²) in [7, 11) is 1.79. The van der Waals surface area contributed by atoms with Gasteiger partial charge >= 0.3 is 0 Å². The summed E-state index contributed by atoms with van der Waals surface area (Å²) in [6.45, 7) is 2.97. The van der Waals surface area contributed by atoms with E-state index in [9.17, 15) is 4.79 Å². The molecule has 0 saturated carbocycles. The van der Waals surface area contributed by atoms with Crippen molar-refractivity contribution in [3.8, 4) is 5.75 Å². The van der Waals surface area contributed by atoms with Crippen LogP contribution in [0.1, 0.15) is 19.8 Å². The fourth-order valence-corrected chi connectivity index (χ4v) is 1.76. The van der Waals surface area contributed by atoms with Crippen LogP contribution in [0.5, 0.6) is 5.75 Å². The summed E-state index contributed by atoms with van der Waals surface area (Å²) in [6, 6.07) is 7.69. The van der Waals surface area contributed by atoms with E-state index in [0.29, 0.717) is 19.6 Å². The van der Waals surface area contributed by atoms with Gasteiger partial charge in [0.1, 0.15) is 12.4 Å². The van der Waals surface area contributed by atoms with Gasteiger partial charge in [-0.3, -0.25) is 4.79 Å². The van der Waals surface area contributed by atoms with E-state index >= 15 is 0 Å². The first-order valence-corrected chi connectivity index (χ1v) is 7.16. The van der Waals surface area contributed by atoms with Crippen molar-refractivity contribution in [1.82, 2.24) is 4.90 Å². The number of hydrogen-bond acceptors (Lipinski definition) is 3. The first-order valence-electron chi connectivity index (χ1n) is 6.37. The van der Waals surface area contributed by atoms with Crippen molar-refractivity contribution in [3.05, 3.63) is 28.7 Å². The maximum atomic E-state index is 11.7. The lowest BCUT2D eigenvalue weighted by molar-refractivity contribution is -0.130. The van der Waals surface area contributed by atoms with Crippen LogP contribution in [-0.2, 0) is 4.79 Å². The average molecular weight is 329 g/mol. The number of carbonyl (C=O) groups is 1. The second-order valence-electron chi connectivity index (χ2n) is 4.63. The third-order valence-electron chi connectivity index (χ3n) is 2.75. The number of nitrogens with zero attached hydrogens (tertiary/aromatic N) is 1. The second kappa shape index (κ2) is 8.17. The number of likely N-dealkylation sites (N-methyl/N-ethyl adjacent to an activating group) is 1. The van der Waals surface area contributed by atoms with Gasteiger partial charge in [0.05, 0.1) is 6.54 Å². The van der Waals surface area contributed by atoms with Gasteiger partial charge in [0.15, 0.2) is 0 Å². The third kappa shape index (κ3) is 6.59. The van der Waals surface area contributed by atoms with Gasteiger partial charge in [-0.25, -0.2) is 0 Å². The molecule has 0 aromatic heterocycles. The van der Waals surface area contributed by atoms with Gasteiger partial charge in [0.25, 0.3) is 0 Å². The van der Waals surface area contributed by atoms with Gasteiger partial charge < -0.3 is 15.4 Å². The Morgan fingerprint density at radius 3 is 2.63 bits per heavy atom. The minimum atomic E-state index is 0.0661. The predicted octanol–water partition coefficient (Wildman–Crippen LogP) is 2.41. The summed E-state index contributed by atoms with van der Waals surface area (Å²) in [4.78, 5) is 13.4. The molecule has 0 aliphatic rings. The summed E-state index contributed by atoms with van der Waals surface area (Å²) in [5.74, 6) is 0.913. The molecule has 0 aliphatic carbocycles. The van der Waals surface area contributed by atoms with Crippen LogP contribution < -0.4 is 10.5 Å². The Morgan fingerprint density at radius 2 is 2.05 bits per heavy atom. The van der Waals surface area contributed by atoms with E-state index in [-0.39, 0.29) is 11.9 Å². The largest absolute Gasteiger partial charge is 0.492 e. The summed E-state index contributed by atoms with van der Waals surface area (Å²) >= 11 is 3.37. The predicted molar refractivity (Wildman–Crippen MR) is 80.2 cm³/mol. The quantitative estimate of drug-likeness (QED) is 0.836. The fourth-order valence-electron chi connectivity index (χ4n) is 1.50. The number of carbonyl (C=O) groups excluding carboxylic acids is 1. The molecule has 1 rings (SSSR count). The van der Waals surface area contributed by atoms with E-state index in [1.807, 2.05) is 31.2 Å². The molecular formula is C14H21BrN2O2. The van der Waals surface area contributed by atoms with Gasteiger partial charge in [-0.05, 0) is 37.6 Å². The van der Waals surface area contributed by atoms with Crippen molar-refractivity contribution in [3.63, 3.8) is 0 Å². The molecule has 1 amide bonds. The molecule has 0 radical (unpaired) electrons. The molecule has 0 aliphatic heterocycles.